The Hall–Kier alpha value is -4.44. The van der Waals surface area contributed by atoms with E-state index in [-0.39, 0.29) is 5.56 Å². The first-order valence-electron chi connectivity index (χ1n) is 10.8. The van der Waals surface area contributed by atoms with Gasteiger partial charge in [0.15, 0.2) is 0 Å². The van der Waals surface area contributed by atoms with Gasteiger partial charge in [-0.25, -0.2) is 4.98 Å². The summed E-state index contributed by atoms with van der Waals surface area (Å²) < 4.78 is 7.73. The molecule has 0 aliphatic rings. The molecule has 0 saturated carbocycles. The molecule has 5 rings (SSSR count). The van der Waals surface area contributed by atoms with Gasteiger partial charge in [-0.1, -0.05) is 78.9 Å². The first-order chi connectivity index (χ1) is 16.3. The molecule has 0 saturated heterocycles. The van der Waals surface area contributed by atoms with Crippen molar-refractivity contribution in [3.05, 3.63) is 136 Å². The number of hydrogen-bond acceptors (Lipinski definition) is 3. The van der Waals surface area contributed by atoms with Gasteiger partial charge in [0.2, 0.25) is 0 Å². The molecule has 160 valence electrons. The van der Waals surface area contributed by atoms with Crippen LogP contribution in [-0.2, 0) is 6.61 Å². The molecule has 0 aliphatic carbocycles. The Morgan fingerprint density at radius 2 is 1.39 bits per heavy atom. The van der Waals surface area contributed by atoms with E-state index in [1.165, 1.54) is 0 Å². The first-order valence-corrected chi connectivity index (χ1v) is 10.8. The van der Waals surface area contributed by atoms with Crippen molar-refractivity contribution in [2.24, 2.45) is 0 Å². The van der Waals surface area contributed by atoms with Gasteiger partial charge in [-0.05, 0) is 48.0 Å². The van der Waals surface area contributed by atoms with Gasteiger partial charge in [0, 0.05) is 5.56 Å². The molecule has 0 bridgehead atoms. The van der Waals surface area contributed by atoms with Gasteiger partial charge in [0.25, 0.3) is 5.56 Å². The average Bonchev–Trinajstić information content (AvgIpc) is 2.88. The van der Waals surface area contributed by atoms with Crippen LogP contribution in [0.4, 0.5) is 0 Å². The first kappa shape index (κ1) is 20.5. The van der Waals surface area contributed by atoms with Crippen LogP contribution >= 0.6 is 0 Å². The van der Waals surface area contributed by atoms with Crippen LogP contribution in [0.3, 0.4) is 0 Å². The maximum atomic E-state index is 13.4. The van der Waals surface area contributed by atoms with Gasteiger partial charge in [0.05, 0.1) is 16.6 Å². The molecule has 4 nitrogen and oxygen atoms in total. The molecule has 4 heteroatoms. The second kappa shape index (κ2) is 9.37. The smallest absolute Gasteiger partial charge is 0.266 e. The van der Waals surface area contributed by atoms with E-state index >= 15 is 0 Å². The summed E-state index contributed by atoms with van der Waals surface area (Å²) in [5.74, 6) is 1.33. The minimum Gasteiger partial charge on any atom is -0.488 e. The summed E-state index contributed by atoms with van der Waals surface area (Å²) in [7, 11) is 0. The van der Waals surface area contributed by atoms with Gasteiger partial charge in [-0.3, -0.25) is 9.36 Å². The van der Waals surface area contributed by atoms with Crippen LogP contribution < -0.4 is 10.3 Å². The van der Waals surface area contributed by atoms with E-state index in [0.717, 1.165) is 22.6 Å². The molecule has 0 radical (unpaired) electrons. The fourth-order valence-electron chi connectivity index (χ4n) is 3.74. The zero-order valence-corrected chi connectivity index (χ0v) is 18.0. The molecule has 33 heavy (non-hydrogen) atoms. The largest absolute Gasteiger partial charge is 0.488 e. The molecule has 0 N–H and O–H groups in total. The standard InChI is InChI=1S/C29H22N2O2/c32-29-25-16-8-9-17-26(25)30-28(31(29)24-14-5-2-6-15-24)20-19-23-13-7-10-18-27(23)33-21-22-11-3-1-4-12-22/h1-20H,21H2/b20-19+. The van der Waals surface area contributed by atoms with E-state index in [1.807, 2.05) is 121 Å². The summed E-state index contributed by atoms with van der Waals surface area (Å²) in [5, 5.41) is 0.588. The number of fused-ring (bicyclic) bond motifs is 1. The number of para-hydroxylation sites is 3. The van der Waals surface area contributed by atoms with Crippen LogP contribution in [0.5, 0.6) is 5.75 Å². The Kier molecular flexibility index (Phi) is 5.81. The molecule has 0 unspecified atom stereocenters. The second-order valence-corrected chi connectivity index (χ2v) is 7.61. The van der Waals surface area contributed by atoms with Gasteiger partial charge >= 0.3 is 0 Å². The Morgan fingerprint density at radius 3 is 2.21 bits per heavy atom. The Bertz CT molecular complexity index is 1470. The van der Waals surface area contributed by atoms with Gasteiger partial charge in [-0.2, -0.15) is 0 Å². The van der Waals surface area contributed by atoms with Crippen molar-refractivity contribution in [3.63, 3.8) is 0 Å². The predicted octanol–water partition coefficient (Wildman–Crippen LogP) is 6.14. The van der Waals surface area contributed by atoms with Crippen molar-refractivity contribution in [2.75, 3.05) is 0 Å². The number of aromatic nitrogens is 2. The van der Waals surface area contributed by atoms with E-state index in [0.29, 0.717) is 23.3 Å². The van der Waals surface area contributed by atoms with E-state index in [1.54, 1.807) is 4.57 Å². The SMILES string of the molecule is O=c1c2ccccc2nc(/C=C/c2ccccc2OCc2ccccc2)n1-c1ccccc1. The second-order valence-electron chi connectivity index (χ2n) is 7.61. The van der Waals surface area contributed by atoms with Gasteiger partial charge in [-0.15, -0.1) is 0 Å². The molecule has 5 aromatic rings. The highest BCUT2D eigenvalue weighted by atomic mass is 16.5. The van der Waals surface area contributed by atoms with Crippen molar-refractivity contribution in [2.45, 2.75) is 6.61 Å². The summed E-state index contributed by atoms with van der Waals surface area (Å²) in [5.41, 5.74) is 3.36. The number of rotatable bonds is 6. The third-order valence-corrected chi connectivity index (χ3v) is 5.38. The van der Waals surface area contributed by atoms with Gasteiger partial charge in [0.1, 0.15) is 18.2 Å². The minimum atomic E-state index is -0.0972. The van der Waals surface area contributed by atoms with E-state index < -0.39 is 0 Å². The normalized spacial score (nSPS) is 11.2. The maximum absolute atomic E-state index is 13.4. The van der Waals surface area contributed by atoms with Crippen LogP contribution in [0.2, 0.25) is 0 Å². The Labute approximate surface area is 192 Å². The van der Waals surface area contributed by atoms with Crippen LogP contribution in [0.15, 0.2) is 114 Å². The molecule has 0 spiro atoms. The molecule has 1 heterocycles. The van der Waals surface area contributed by atoms with E-state index in [9.17, 15) is 4.79 Å². The lowest BCUT2D eigenvalue weighted by molar-refractivity contribution is 0.305. The molecule has 0 fully saturated rings. The molecule has 0 amide bonds. The third-order valence-electron chi connectivity index (χ3n) is 5.38. The third kappa shape index (κ3) is 4.46. The van der Waals surface area contributed by atoms with E-state index in [2.05, 4.69) is 0 Å². The highest BCUT2D eigenvalue weighted by molar-refractivity contribution is 5.80. The number of ether oxygens (including phenoxy) is 1. The zero-order chi connectivity index (χ0) is 22.5. The Morgan fingerprint density at radius 1 is 0.727 bits per heavy atom. The van der Waals surface area contributed by atoms with Gasteiger partial charge < -0.3 is 4.74 Å². The molecule has 1 aromatic heterocycles. The lowest BCUT2D eigenvalue weighted by atomic mass is 10.1. The highest BCUT2D eigenvalue weighted by Crippen LogP contribution is 2.22. The fraction of sp³-hybridized carbons (Fsp3) is 0.0345. The summed E-state index contributed by atoms with van der Waals surface area (Å²) in [6.45, 7) is 0.481. The monoisotopic (exact) mass is 430 g/mol. The summed E-state index contributed by atoms with van der Waals surface area (Å²) in [6, 6.07) is 34.9. The maximum Gasteiger partial charge on any atom is 0.266 e. The summed E-state index contributed by atoms with van der Waals surface area (Å²) in [4.78, 5) is 18.1. The quantitative estimate of drug-likeness (QED) is 0.325. The zero-order valence-electron chi connectivity index (χ0n) is 18.0. The van der Waals surface area contributed by atoms with E-state index in [4.69, 9.17) is 9.72 Å². The molecular weight excluding hydrogens is 408 g/mol. The van der Waals surface area contributed by atoms with Crippen molar-refractivity contribution >= 4 is 23.1 Å². The topological polar surface area (TPSA) is 44.1 Å². The molecule has 4 aromatic carbocycles. The number of nitrogens with zero attached hydrogens (tertiary/aromatic N) is 2. The predicted molar refractivity (Wildman–Crippen MR) is 133 cm³/mol. The van der Waals surface area contributed by atoms with Crippen molar-refractivity contribution in [1.82, 2.24) is 9.55 Å². The molecule has 0 aliphatic heterocycles. The van der Waals surface area contributed by atoms with Crippen LogP contribution in [0.1, 0.15) is 17.0 Å². The average molecular weight is 431 g/mol. The van der Waals surface area contributed by atoms with Crippen molar-refractivity contribution in [1.29, 1.82) is 0 Å². The molecular formula is C29H22N2O2. The Balaban J connectivity index is 1.55. The fourth-order valence-corrected chi connectivity index (χ4v) is 3.74. The van der Waals surface area contributed by atoms with Crippen LogP contribution in [0, 0.1) is 0 Å². The summed E-state index contributed by atoms with van der Waals surface area (Å²) in [6.07, 6.45) is 3.81. The van der Waals surface area contributed by atoms with Crippen molar-refractivity contribution < 1.29 is 4.74 Å². The van der Waals surface area contributed by atoms with Crippen LogP contribution in [-0.4, -0.2) is 9.55 Å². The van der Waals surface area contributed by atoms with Crippen molar-refractivity contribution in [3.8, 4) is 11.4 Å². The lowest BCUT2D eigenvalue weighted by Gasteiger charge is -2.12. The lowest BCUT2D eigenvalue weighted by Crippen LogP contribution is -2.22. The molecule has 0 atom stereocenters. The number of benzene rings is 4. The number of hydrogen-bond donors (Lipinski definition) is 0. The van der Waals surface area contributed by atoms with Crippen LogP contribution in [0.25, 0.3) is 28.7 Å². The highest BCUT2D eigenvalue weighted by Gasteiger charge is 2.11. The summed E-state index contributed by atoms with van der Waals surface area (Å²) >= 11 is 0. The minimum absolute atomic E-state index is 0.0972.